The normalized spacial score (nSPS) is 10.9. The number of nitrogens with one attached hydrogen (secondary N) is 2. The van der Waals surface area contributed by atoms with Gasteiger partial charge >= 0.3 is 0 Å². The van der Waals surface area contributed by atoms with E-state index in [2.05, 4.69) is 15.6 Å². The van der Waals surface area contributed by atoms with Gasteiger partial charge in [-0.1, -0.05) is 12.1 Å². The first-order chi connectivity index (χ1) is 12.8. The van der Waals surface area contributed by atoms with Crippen LogP contribution in [0, 0.1) is 0 Å². The van der Waals surface area contributed by atoms with E-state index in [1.54, 1.807) is 42.7 Å². The van der Waals surface area contributed by atoms with E-state index >= 15 is 0 Å². The smallest absolute Gasteiger partial charge is 0.232 e. The third-order valence-electron chi connectivity index (χ3n) is 3.61. The summed E-state index contributed by atoms with van der Waals surface area (Å²) in [6.07, 6.45) is 4.37. The second-order valence-electron chi connectivity index (χ2n) is 5.95. The minimum absolute atomic E-state index is 0.00229. The Labute approximate surface area is 158 Å². The summed E-state index contributed by atoms with van der Waals surface area (Å²) in [5.41, 5.74) is 1.72. The van der Waals surface area contributed by atoms with Gasteiger partial charge in [-0.05, 0) is 29.8 Å². The molecule has 0 aliphatic heterocycles. The molecule has 0 fully saturated rings. The zero-order valence-corrected chi connectivity index (χ0v) is 16.0. The van der Waals surface area contributed by atoms with Crippen LogP contribution in [0.5, 0.6) is 0 Å². The molecule has 0 aliphatic rings. The summed E-state index contributed by atoms with van der Waals surface area (Å²) in [6, 6.07) is 10.1. The highest BCUT2D eigenvalue weighted by atomic mass is 32.2. The number of anilines is 2. The highest BCUT2D eigenvalue weighted by Gasteiger charge is 2.19. The fourth-order valence-electron chi connectivity index (χ4n) is 2.42. The van der Waals surface area contributed by atoms with Crippen LogP contribution >= 0.6 is 0 Å². The average molecular weight is 390 g/mol. The Morgan fingerprint density at radius 3 is 2.59 bits per heavy atom. The lowest BCUT2D eigenvalue weighted by molar-refractivity contribution is -0.121. The first kappa shape index (κ1) is 20.4. The van der Waals surface area contributed by atoms with Crippen LogP contribution in [0.15, 0.2) is 48.8 Å². The van der Waals surface area contributed by atoms with Gasteiger partial charge in [0.1, 0.15) is 0 Å². The van der Waals surface area contributed by atoms with Crippen molar-refractivity contribution in [2.75, 3.05) is 22.4 Å². The number of sulfonamides is 1. The standard InChI is InChI=1S/C18H22N4O4S/c1-14(23)21-16-6-3-7-17(11-16)22(27(2,25)26)10-8-18(24)20-13-15-5-4-9-19-12-15/h3-7,9,11-12H,8,10,13H2,1-2H3,(H,20,24)(H,21,23). The van der Waals surface area contributed by atoms with Crippen LogP contribution in [0.1, 0.15) is 18.9 Å². The second kappa shape index (κ2) is 9.13. The number of amides is 2. The summed E-state index contributed by atoms with van der Waals surface area (Å²) < 4.78 is 25.5. The number of carbonyl (C=O) groups excluding carboxylic acids is 2. The van der Waals surface area contributed by atoms with Crippen molar-refractivity contribution in [2.24, 2.45) is 0 Å². The molecule has 9 heteroatoms. The van der Waals surface area contributed by atoms with Gasteiger partial charge in [-0.2, -0.15) is 0 Å². The van der Waals surface area contributed by atoms with Crippen molar-refractivity contribution >= 4 is 33.2 Å². The van der Waals surface area contributed by atoms with E-state index in [-0.39, 0.29) is 24.8 Å². The molecule has 8 nitrogen and oxygen atoms in total. The molecule has 1 heterocycles. The Morgan fingerprint density at radius 2 is 1.96 bits per heavy atom. The predicted molar refractivity (Wildman–Crippen MR) is 104 cm³/mol. The number of aromatic nitrogens is 1. The first-order valence-electron chi connectivity index (χ1n) is 8.26. The molecule has 2 N–H and O–H groups in total. The lowest BCUT2D eigenvalue weighted by atomic mass is 10.2. The molecule has 1 aromatic carbocycles. The highest BCUT2D eigenvalue weighted by molar-refractivity contribution is 7.92. The predicted octanol–water partition coefficient (Wildman–Crippen LogP) is 1.51. The van der Waals surface area contributed by atoms with Crippen molar-refractivity contribution in [1.29, 1.82) is 0 Å². The van der Waals surface area contributed by atoms with Gasteiger partial charge in [-0.3, -0.25) is 18.9 Å². The number of benzene rings is 1. The molecular formula is C18H22N4O4S. The Hall–Kier alpha value is -2.94. The van der Waals surface area contributed by atoms with Gasteiger partial charge in [0.2, 0.25) is 21.8 Å². The van der Waals surface area contributed by atoms with Gasteiger partial charge in [0.15, 0.2) is 0 Å². The third kappa shape index (κ3) is 6.70. The zero-order chi connectivity index (χ0) is 19.9. The first-order valence-corrected chi connectivity index (χ1v) is 10.1. The van der Waals surface area contributed by atoms with Gasteiger partial charge in [0, 0.05) is 44.5 Å². The van der Waals surface area contributed by atoms with Crippen LogP contribution in [0.4, 0.5) is 11.4 Å². The van der Waals surface area contributed by atoms with E-state index < -0.39 is 10.0 Å². The van der Waals surface area contributed by atoms with E-state index in [1.807, 2.05) is 6.07 Å². The molecule has 0 aliphatic carbocycles. The van der Waals surface area contributed by atoms with Gasteiger partial charge in [-0.25, -0.2) is 8.42 Å². The Bertz CT molecular complexity index is 901. The SMILES string of the molecule is CC(=O)Nc1cccc(N(CCC(=O)NCc2cccnc2)S(C)(=O)=O)c1. The van der Waals surface area contributed by atoms with Crippen LogP contribution in [0.25, 0.3) is 0 Å². The van der Waals surface area contributed by atoms with Gasteiger partial charge in [-0.15, -0.1) is 0 Å². The van der Waals surface area contributed by atoms with Crippen LogP contribution in [-0.2, 0) is 26.2 Å². The van der Waals surface area contributed by atoms with E-state index in [4.69, 9.17) is 0 Å². The van der Waals surface area contributed by atoms with Crippen LogP contribution in [0.2, 0.25) is 0 Å². The van der Waals surface area contributed by atoms with Crippen molar-refractivity contribution in [1.82, 2.24) is 10.3 Å². The molecule has 0 bridgehead atoms. The third-order valence-corrected chi connectivity index (χ3v) is 4.80. The van der Waals surface area contributed by atoms with E-state index in [0.29, 0.717) is 17.9 Å². The van der Waals surface area contributed by atoms with Gasteiger partial charge in [0.25, 0.3) is 0 Å². The molecule has 0 unspecified atom stereocenters. The van der Waals surface area contributed by atoms with Crippen molar-refractivity contribution in [3.63, 3.8) is 0 Å². The van der Waals surface area contributed by atoms with Gasteiger partial charge in [0.05, 0.1) is 11.9 Å². The van der Waals surface area contributed by atoms with Gasteiger partial charge < -0.3 is 10.6 Å². The molecule has 0 atom stereocenters. The second-order valence-corrected chi connectivity index (χ2v) is 7.86. The van der Waals surface area contributed by atoms with E-state index in [0.717, 1.165) is 16.1 Å². The number of hydrogen-bond donors (Lipinski definition) is 2. The quantitative estimate of drug-likeness (QED) is 0.710. The molecule has 1 aromatic heterocycles. The van der Waals surface area contributed by atoms with Crippen molar-refractivity contribution < 1.29 is 18.0 Å². The van der Waals surface area contributed by atoms with Crippen molar-refractivity contribution in [2.45, 2.75) is 19.9 Å². The van der Waals surface area contributed by atoms with Crippen LogP contribution in [0.3, 0.4) is 0 Å². The Balaban J connectivity index is 2.03. The maximum Gasteiger partial charge on any atom is 0.232 e. The van der Waals surface area contributed by atoms with E-state index in [9.17, 15) is 18.0 Å². The summed E-state index contributed by atoms with van der Waals surface area (Å²) in [5, 5.41) is 5.35. The number of rotatable bonds is 8. The Kier molecular flexibility index (Phi) is 6.89. The average Bonchev–Trinajstić information content (AvgIpc) is 2.59. The largest absolute Gasteiger partial charge is 0.352 e. The topological polar surface area (TPSA) is 108 Å². The lowest BCUT2D eigenvalue weighted by Gasteiger charge is -2.22. The number of carbonyl (C=O) groups is 2. The summed E-state index contributed by atoms with van der Waals surface area (Å²) >= 11 is 0. The molecule has 27 heavy (non-hydrogen) atoms. The molecule has 0 saturated carbocycles. The molecule has 0 saturated heterocycles. The monoisotopic (exact) mass is 390 g/mol. The number of nitrogens with zero attached hydrogens (tertiary/aromatic N) is 2. The molecule has 2 aromatic rings. The maximum atomic E-state index is 12.2. The molecule has 0 radical (unpaired) electrons. The molecule has 2 amide bonds. The number of hydrogen-bond acceptors (Lipinski definition) is 5. The molecule has 144 valence electrons. The van der Waals surface area contributed by atoms with Crippen molar-refractivity contribution in [3.05, 3.63) is 54.4 Å². The van der Waals surface area contributed by atoms with E-state index in [1.165, 1.54) is 6.92 Å². The lowest BCUT2D eigenvalue weighted by Crippen LogP contribution is -2.34. The Morgan fingerprint density at radius 1 is 1.19 bits per heavy atom. The highest BCUT2D eigenvalue weighted by Crippen LogP contribution is 2.22. The minimum atomic E-state index is -3.60. The van der Waals surface area contributed by atoms with Crippen molar-refractivity contribution in [3.8, 4) is 0 Å². The molecule has 0 spiro atoms. The molecule has 2 rings (SSSR count). The summed E-state index contributed by atoms with van der Waals surface area (Å²) in [7, 11) is -3.60. The fourth-order valence-corrected chi connectivity index (χ4v) is 3.34. The van der Waals surface area contributed by atoms with Crippen LogP contribution in [-0.4, -0.2) is 38.0 Å². The minimum Gasteiger partial charge on any atom is -0.352 e. The fraction of sp³-hybridized carbons (Fsp3) is 0.278. The molecular weight excluding hydrogens is 368 g/mol. The summed E-state index contributed by atoms with van der Waals surface area (Å²) in [5.74, 6) is -0.529. The van der Waals surface area contributed by atoms with Crippen LogP contribution < -0.4 is 14.9 Å². The summed E-state index contributed by atoms with van der Waals surface area (Å²) in [4.78, 5) is 27.2. The summed E-state index contributed by atoms with van der Waals surface area (Å²) in [6.45, 7) is 1.68. The zero-order valence-electron chi connectivity index (χ0n) is 15.2. The number of pyridine rings is 1. The maximum absolute atomic E-state index is 12.2.